The molecule has 0 saturated carbocycles. The van der Waals surface area contributed by atoms with Gasteiger partial charge in [-0.3, -0.25) is 9.59 Å². The van der Waals surface area contributed by atoms with Gasteiger partial charge in [-0.25, -0.2) is 19.6 Å². The maximum absolute atomic E-state index is 13.3. The first-order valence-electron chi connectivity index (χ1n) is 13.6. The van der Waals surface area contributed by atoms with E-state index in [9.17, 15) is 9.59 Å². The maximum atomic E-state index is 13.3. The SMILES string of the molecule is [2H]c1cc(-c2ccc3c(=O)n(Cc4ncccn4)ncc3c2)cc2c1C=C(C(=O)N(CCC)CCC)CC(N)=N2. The average molecular weight is 523 g/mol. The third kappa shape index (κ3) is 5.62. The molecule has 0 atom stereocenters. The van der Waals surface area contributed by atoms with Crippen molar-refractivity contribution in [2.75, 3.05) is 13.1 Å². The summed E-state index contributed by atoms with van der Waals surface area (Å²) < 4.78 is 10.1. The smallest absolute Gasteiger partial charge is 0.275 e. The Morgan fingerprint density at radius 2 is 1.85 bits per heavy atom. The topological polar surface area (TPSA) is 119 Å². The van der Waals surface area contributed by atoms with Crippen LogP contribution in [0.5, 0.6) is 0 Å². The van der Waals surface area contributed by atoms with Crippen molar-refractivity contribution in [3.8, 4) is 11.1 Å². The number of nitrogens with two attached hydrogens (primary N) is 1. The molecule has 2 N–H and O–H groups in total. The normalized spacial score (nSPS) is 13.2. The first-order valence-corrected chi connectivity index (χ1v) is 13.1. The molecule has 0 unspecified atom stereocenters. The molecule has 4 aromatic rings. The lowest BCUT2D eigenvalue weighted by Crippen LogP contribution is -2.34. The van der Waals surface area contributed by atoms with Crippen molar-refractivity contribution in [2.45, 2.75) is 39.7 Å². The standard InChI is InChI=1S/C30H31N7O2/c1-3-12-36(13-4-2)29(38)23-15-22-7-6-21(16-26(22)35-27(31)17-23)20-8-9-25-24(14-20)18-34-37(30(25)39)19-28-32-10-5-11-33-28/h5-11,14-16,18H,3-4,12-13,17,19H2,1-2H3,(H2,31,35)/i7D. The number of amidine groups is 1. The Kier molecular flexibility index (Phi) is 7.20. The molecular formula is C30H31N7O2. The van der Waals surface area contributed by atoms with E-state index >= 15 is 0 Å². The molecule has 198 valence electrons. The number of aliphatic imine (C=N–C) groups is 1. The Balaban J connectivity index is 1.50. The maximum Gasteiger partial charge on any atom is 0.275 e. The molecule has 2 aromatic heterocycles. The molecule has 1 aliphatic heterocycles. The van der Waals surface area contributed by atoms with Gasteiger partial charge < -0.3 is 10.6 Å². The summed E-state index contributed by atoms with van der Waals surface area (Å²) in [6.45, 7) is 5.61. The predicted molar refractivity (Wildman–Crippen MR) is 154 cm³/mol. The van der Waals surface area contributed by atoms with Crippen LogP contribution in [0.1, 0.15) is 45.9 Å². The van der Waals surface area contributed by atoms with Gasteiger partial charge in [0.2, 0.25) is 5.91 Å². The van der Waals surface area contributed by atoms with E-state index in [2.05, 4.69) is 20.1 Å². The van der Waals surface area contributed by atoms with Crippen LogP contribution in [0.25, 0.3) is 28.0 Å². The Hall–Kier alpha value is -4.66. The van der Waals surface area contributed by atoms with Crippen LogP contribution in [0.4, 0.5) is 5.69 Å². The first kappa shape index (κ1) is 24.7. The third-order valence-corrected chi connectivity index (χ3v) is 6.55. The van der Waals surface area contributed by atoms with Gasteiger partial charge >= 0.3 is 0 Å². The lowest BCUT2D eigenvalue weighted by molar-refractivity contribution is -0.127. The van der Waals surface area contributed by atoms with Crippen molar-refractivity contribution in [3.63, 3.8) is 0 Å². The van der Waals surface area contributed by atoms with Crippen molar-refractivity contribution in [3.05, 3.63) is 88.3 Å². The molecular weight excluding hydrogens is 490 g/mol. The Morgan fingerprint density at radius 1 is 1.10 bits per heavy atom. The van der Waals surface area contributed by atoms with Gasteiger partial charge in [-0.1, -0.05) is 32.0 Å². The van der Waals surface area contributed by atoms with E-state index in [0.717, 1.165) is 24.0 Å². The van der Waals surface area contributed by atoms with E-state index in [-0.39, 0.29) is 30.5 Å². The molecule has 9 heteroatoms. The van der Waals surface area contributed by atoms with Gasteiger partial charge in [0.1, 0.15) is 18.2 Å². The van der Waals surface area contributed by atoms with Crippen molar-refractivity contribution in [2.24, 2.45) is 10.7 Å². The van der Waals surface area contributed by atoms with Gasteiger partial charge in [0, 0.05) is 48.4 Å². The average Bonchev–Trinajstić information content (AvgIpc) is 3.13. The molecule has 0 aliphatic carbocycles. The molecule has 3 heterocycles. The number of carbonyl (C=O) groups excluding carboxylic acids is 1. The molecule has 5 rings (SSSR count). The number of hydrogen-bond donors (Lipinski definition) is 1. The Bertz CT molecular complexity index is 1690. The lowest BCUT2D eigenvalue weighted by atomic mass is 9.99. The van der Waals surface area contributed by atoms with Gasteiger partial charge in [-0.15, -0.1) is 0 Å². The number of amides is 1. The van der Waals surface area contributed by atoms with Gasteiger partial charge in [-0.05, 0) is 54.3 Å². The molecule has 0 fully saturated rings. The Labute approximate surface area is 228 Å². The summed E-state index contributed by atoms with van der Waals surface area (Å²) in [5.41, 5.74) is 9.22. The second-order valence-corrected chi connectivity index (χ2v) is 9.50. The summed E-state index contributed by atoms with van der Waals surface area (Å²) in [6, 6.07) is 11.0. The minimum Gasteiger partial charge on any atom is -0.387 e. The molecule has 0 radical (unpaired) electrons. The third-order valence-electron chi connectivity index (χ3n) is 6.55. The monoisotopic (exact) mass is 522 g/mol. The van der Waals surface area contributed by atoms with E-state index in [1.54, 1.807) is 42.9 Å². The summed E-state index contributed by atoms with van der Waals surface area (Å²) in [4.78, 5) is 41.1. The summed E-state index contributed by atoms with van der Waals surface area (Å²) in [5.74, 6) is 0.765. The van der Waals surface area contributed by atoms with Gasteiger partial charge in [-0.2, -0.15) is 5.10 Å². The highest BCUT2D eigenvalue weighted by atomic mass is 16.2. The number of rotatable bonds is 8. The quantitative estimate of drug-likeness (QED) is 0.368. The van der Waals surface area contributed by atoms with Crippen LogP contribution in [0, 0.1) is 0 Å². The van der Waals surface area contributed by atoms with Gasteiger partial charge in [0.25, 0.3) is 5.56 Å². The zero-order valence-corrected chi connectivity index (χ0v) is 22.1. The van der Waals surface area contributed by atoms with Crippen LogP contribution in [0.2, 0.25) is 0 Å². The number of fused-ring (bicyclic) bond motifs is 2. The first-order chi connectivity index (χ1) is 19.4. The minimum atomic E-state index is -0.237. The van der Waals surface area contributed by atoms with Crippen molar-refractivity contribution in [1.29, 1.82) is 0 Å². The highest BCUT2D eigenvalue weighted by molar-refractivity contribution is 6.05. The fourth-order valence-electron chi connectivity index (χ4n) is 4.71. The molecule has 2 aromatic carbocycles. The van der Waals surface area contributed by atoms with E-state index in [4.69, 9.17) is 7.10 Å². The molecule has 0 bridgehead atoms. The molecule has 1 amide bonds. The van der Waals surface area contributed by atoms with Crippen LogP contribution in [0.3, 0.4) is 0 Å². The number of aromatic nitrogens is 4. The van der Waals surface area contributed by atoms with Crippen LogP contribution in [-0.4, -0.2) is 49.5 Å². The van der Waals surface area contributed by atoms with Crippen LogP contribution < -0.4 is 11.3 Å². The molecule has 9 nitrogen and oxygen atoms in total. The molecule has 0 spiro atoms. The summed E-state index contributed by atoms with van der Waals surface area (Å²) in [6.07, 6.45) is 8.61. The number of benzene rings is 2. The van der Waals surface area contributed by atoms with Crippen LogP contribution in [0.15, 0.2) is 76.4 Å². The van der Waals surface area contributed by atoms with Crippen molar-refractivity contribution >= 4 is 34.3 Å². The van der Waals surface area contributed by atoms with Crippen LogP contribution in [-0.2, 0) is 11.3 Å². The van der Waals surface area contributed by atoms with E-state index in [0.29, 0.717) is 52.3 Å². The molecule has 1 aliphatic rings. The summed E-state index contributed by atoms with van der Waals surface area (Å²) in [7, 11) is 0. The molecule has 0 saturated heterocycles. The number of carbonyl (C=O) groups is 1. The summed E-state index contributed by atoms with van der Waals surface area (Å²) in [5, 5.41) is 5.52. The minimum absolute atomic E-state index is 0.0651. The van der Waals surface area contributed by atoms with Gasteiger partial charge in [0.15, 0.2) is 0 Å². The van der Waals surface area contributed by atoms with E-state index < -0.39 is 0 Å². The molecule has 39 heavy (non-hydrogen) atoms. The second kappa shape index (κ2) is 11.4. The van der Waals surface area contributed by atoms with Gasteiger partial charge in [0.05, 0.1) is 18.6 Å². The van der Waals surface area contributed by atoms with Crippen molar-refractivity contribution < 1.29 is 6.17 Å². The number of nitrogens with zero attached hydrogens (tertiary/aromatic N) is 6. The van der Waals surface area contributed by atoms with Crippen LogP contribution >= 0.6 is 0 Å². The van der Waals surface area contributed by atoms with E-state index in [1.807, 2.05) is 36.9 Å². The van der Waals surface area contributed by atoms with E-state index in [1.165, 1.54) is 4.68 Å². The predicted octanol–water partition coefficient (Wildman–Crippen LogP) is 4.33. The highest BCUT2D eigenvalue weighted by Crippen LogP contribution is 2.33. The lowest BCUT2D eigenvalue weighted by Gasteiger charge is -2.22. The zero-order valence-electron chi connectivity index (χ0n) is 23.1. The largest absolute Gasteiger partial charge is 0.387 e. The fourth-order valence-corrected chi connectivity index (χ4v) is 4.71. The zero-order chi connectivity index (χ0) is 28.2. The highest BCUT2D eigenvalue weighted by Gasteiger charge is 2.21. The summed E-state index contributed by atoms with van der Waals surface area (Å²) >= 11 is 0. The Morgan fingerprint density at radius 3 is 2.59 bits per heavy atom. The number of hydrogen-bond acceptors (Lipinski definition) is 7. The van der Waals surface area contributed by atoms with Crippen molar-refractivity contribution in [1.82, 2.24) is 24.6 Å². The fraction of sp³-hybridized carbons (Fsp3) is 0.267. The second-order valence-electron chi connectivity index (χ2n) is 9.50.